The number of ether oxygens (including phenoxy) is 1. The van der Waals surface area contributed by atoms with E-state index in [2.05, 4.69) is 33.2 Å². The average Bonchev–Trinajstić information content (AvgIpc) is 3.96. The molecule has 0 aromatic heterocycles. The average molecular weight is 1080 g/mol. The maximum Gasteiger partial charge on any atom is 0.407 e. The first-order chi connectivity index (χ1) is 37.3. The number of phenolic OH excluding ortho intramolecular Hbond substituents is 1. The van der Waals surface area contributed by atoms with Crippen molar-refractivity contribution in [2.45, 2.75) is 101 Å². The standard InChI is InChI=1S/C55H75N11O12/c1-6-29-78-55(77)58-27-15-14-21-40(60-47(69)7-2)51(73)64(4)44(31-36-17-10-8-11-18-36)53(75)63(3)35-48(70)61-41(30-38-23-25-39(67)26-24-38)52(74)65(5)45(32-37-19-12-9-13-20-37)54(76)66-28-16-22-43(66)50(72)62-42(33-56)49(71)59-34-46(57)68/h6,8-13,17-20,23-26,40-45,67H,1,7,14-16,21-22,27-35,56H2,2-5H3,(H2,57,68)(H,58,77)(H,59,71)(H,60,69)(H,61,70)(H,62,72)/t40-,41-,42-,43-,44-,45-/m0/s1. The van der Waals surface area contributed by atoms with Crippen LogP contribution in [-0.2, 0) is 67.2 Å². The second kappa shape index (κ2) is 31.6. The fourth-order valence-electron chi connectivity index (χ4n) is 8.80. The number of carbonyl (C=O) groups excluding carboxylic acids is 10. The molecule has 4 rings (SSSR count). The van der Waals surface area contributed by atoms with E-state index < -0.39 is 109 Å². The van der Waals surface area contributed by atoms with Crippen molar-refractivity contribution in [1.82, 2.24) is 46.2 Å². The van der Waals surface area contributed by atoms with Crippen LogP contribution in [-0.4, -0.2) is 181 Å². The molecule has 3 aromatic rings. The molecule has 23 heteroatoms. The van der Waals surface area contributed by atoms with Gasteiger partial charge in [-0.2, -0.15) is 0 Å². The van der Waals surface area contributed by atoms with Crippen molar-refractivity contribution in [2.75, 3.05) is 60.5 Å². The zero-order valence-corrected chi connectivity index (χ0v) is 44.8. The van der Waals surface area contributed by atoms with Crippen LogP contribution in [0.1, 0.15) is 62.1 Å². The van der Waals surface area contributed by atoms with Crippen LogP contribution in [0, 0.1) is 0 Å². The van der Waals surface area contributed by atoms with Gasteiger partial charge < -0.3 is 67.5 Å². The predicted octanol–water partition coefficient (Wildman–Crippen LogP) is 0.0306. The van der Waals surface area contributed by atoms with Gasteiger partial charge in [0.15, 0.2) is 0 Å². The van der Waals surface area contributed by atoms with Crippen LogP contribution in [0.3, 0.4) is 0 Å². The number of likely N-dealkylation sites (tertiary alicyclic amines) is 1. The van der Waals surface area contributed by atoms with Crippen LogP contribution >= 0.6 is 0 Å². The third-order valence-corrected chi connectivity index (χ3v) is 13.1. The van der Waals surface area contributed by atoms with Crippen molar-refractivity contribution >= 4 is 59.3 Å². The van der Waals surface area contributed by atoms with E-state index >= 15 is 0 Å². The van der Waals surface area contributed by atoms with E-state index in [1.165, 1.54) is 54.1 Å². The van der Waals surface area contributed by atoms with Crippen molar-refractivity contribution in [3.63, 3.8) is 0 Å². The number of aromatic hydroxyl groups is 1. The van der Waals surface area contributed by atoms with E-state index in [9.17, 15) is 53.1 Å². The predicted molar refractivity (Wildman–Crippen MR) is 288 cm³/mol. The number of benzene rings is 3. The summed E-state index contributed by atoms with van der Waals surface area (Å²) in [5.41, 5.74) is 12.9. The van der Waals surface area contributed by atoms with Gasteiger partial charge in [0.2, 0.25) is 53.2 Å². The summed E-state index contributed by atoms with van der Waals surface area (Å²) in [6, 6.07) is 16.6. The molecule has 422 valence electrons. The third-order valence-electron chi connectivity index (χ3n) is 13.1. The normalized spacial score (nSPS) is 14.7. The second-order valence-electron chi connectivity index (χ2n) is 18.9. The van der Waals surface area contributed by atoms with Gasteiger partial charge in [0.1, 0.15) is 48.6 Å². The van der Waals surface area contributed by atoms with Crippen molar-refractivity contribution in [3.8, 4) is 5.75 Å². The van der Waals surface area contributed by atoms with Crippen molar-refractivity contribution < 1.29 is 57.8 Å². The number of hydrogen-bond donors (Lipinski definition) is 8. The molecule has 6 atom stereocenters. The number of carbonyl (C=O) groups is 10. The molecule has 0 aliphatic carbocycles. The van der Waals surface area contributed by atoms with E-state index in [1.807, 2.05) is 0 Å². The third kappa shape index (κ3) is 19.3. The van der Waals surface area contributed by atoms with Crippen LogP contribution in [0.5, 0.6) is 5.75 Å². The minimum atomic E-state index is -1.36. The van der Waals surface area contributed by atoms with E-state index in [-0.39, 0.29) is 70.5 Å². The SMILES string of the molecule is C=CCOC(=O)NCCCC[C@H](NC(=O)CC)C(=O)N(C)[C@@H](Cc1ccccc1)C(=O)N(C)CC(=O)N[C@@H](Cc1ccc(O)cc1)C(=O)N(C)[C@@H](Cc1ccccc1)C(=O)N1CCC[C@H]1C(=O)N[C@@H](CN)C(=O)NCC(N)=O. The summed E-state index contributed by atoms with van der Waals surface area (Å²) in [6.07, 6.45) is 2.45. The highest BCUT2D eigenvalue weighted by Gasteiger charge is 2.42. The first-order valence-electron chi connectivity index (χ1n) is 25.9. The molecular formula is C55H75N11O12. The topological polar surface area (TPSA) is 325 Å². The van der Waals surface area contributed by atoms with Gasteiger partial charge in [0.25, 0.3) is 0 Å². The number of alkyl carbamates (subject to hydrolysis) is 1. The summed E-state index contributed by atoms with van der Waals surface area (Å²) in [5.74, 6) is -5.92. The zero-order chi connectivity index (χ0) is 57.3. The molecule has 0 bridgehead atoms. The molecule has 10 amide bonds. The van der Waals surface area contributed by atoms with Crippen molar-refractivity contribution in [3.05, 3.63) is 114 Å². The Balaban J connectivity index is 1.60. The monoisotopic (exact) mass is 1080 g/mol. The number of likely N-dealkylation sites (N-methyl/N-ethyl adjacent to an activating group) is 3. The molecule has 0 radical (unpaired) electrons. The molecule has 10 N–H and O–H groups in total. The molecule has 1 saturated heterocycles. The molecule has 23 nitrogen and oxygen atoms in total. The molecule has 3 aromatic carbocycles. The van der Waals surface area contributed by atoms with Crippen LogP contribution < -0.4 is 38.1 Å². The van der Waals surface area contributed by atoms with Gasteiger partial charge in [-0.15, -0.1) is 0 Å². The highest BCUT2D eigenvalue weighted by Crippen LogP contribution is 2.23. The number of unbranched alkanes of at least 4 members (excludes halogenated alkanes) is 1. The number of nitrogens with two attached hydrogens (primary N) is 2. The Morgan fingerprint density at radius 2 is 1.31 bits per heavy atom. The van der Waals surface area contributed by atoms with Crippen LogP contribution in [0.25, 0.3) is 0 Å². The summed E-state index contributed by atoms with van der Waals surface area (Å²) in [6.45, 7) is 4.16. The number of nitrogens with zero attached hydrogens (tertiary/aromatic N) is 4. The number of nitrogens with one attached hydrogen (secondary N) is 5. The summed E-state index contributed by atoms with van der Waals surface area (Å²) in [4.78, 5) is 140. The fraction of sp³-hybridized carbons (Fsp3) is 0.455. The summed E-state index contributed by atoms with van der Waals surface area (Å²) < 4.78 is 4.93. The lowest BCUT2D eigenvalue weighted by Crippen LogP contribution is -2.60. The van der Waals surface area contributed by atoms with Gasteiger partial charge in [-0.3, -0.25) is 43.2 Å². The van der Waals surface area contributed by atoms with Crippen LogP contribution in [0.2, 0.25) is 0 Å². The Labute approximate surface area is 454 Å². The largest absolute Gasteiger partial charge is 0.508 e. The molecule has 1 aliphatic heterocycles. The molecule has 1 fully saturated rings. The number of amides is 10. The molecule has 0 spiro atoms. The van der Waals surface area contributed by atoms with E-state index in [4.69, 9.17) is 16.2 Å². The van der Waals surface area contributed by atoms with E-state index in [0.717, 1.165) is 4.90 Å². The molecule has 1 heterocycles. The Kier molecular flexibility index (Phi) is 25.2. The smallest absolute Gasteiger partial charge is 0.407 e. The van der Waals surface area contributed by atoms with Gasteiger partial charge >= 0.3 is 6.09 Å². The quantitative estimate of drug-likeness (QED) is 0.0323. The molecule has 78 heavy (non-hydrogen) atoms. The molecule has 0 unspecified atom stereocenters. The number of phenols is 1. The summed E-state index contributed by atoms with van der Waals surface area (Å²) in [5, 5.41) is 23.1. The van der Waals surface area contributed by atoms with Crippen LogP contribution in [0.15, 0.2) is 97.6 Å². The van der Waals surface area contributed by atoms with Gasteiger partial charge in [0.05, 0.1) is 13.1 Å². The maximum absolute atomic E-state index is 15.0. The van der Waals surface area contributed by atoms with Gasteiger partial charge in [-0.25, -0.2) is 4.79 Å². The van der Waals surface area contributed by atoms with Crippen molar-refractivity contribution in [2.24, 2.45) is 11.5 Å². The number of primary amides is 1. The highest BCUT2D eigenvalue weighted by atomic mass is 16.5. The Morgan fingerprint density at radius 3 is 1.90 bits per heavy atom. The molecule has 1 aliphatic rings. The Bertz CT molecular complexity index is 2540. The minimum Gasteiger partial charge on any atom is -0.508 e. The molecule has 0 saturated carbocycles. The zero-order valence-electron chi connectivity index (χ0n) is 44.8. The Hall–Kier alpha value is -8.34. The summed E-state index contributed by atoms with van der Waals surface area (Å²) >= 11 is 0. The number of hydrogen-bond acceptors (Lipinski definition) is 13. The van der Waals surface area contributed by atoms with E-state index in [1.54, 1.807) is 79.7 Å². The Morgan fingerprint density at radius 1 is 0.731 bits per heavy atom. The van der Waals surface area contributed by atoms with Gasteiger partial charge in [-0.05, 0) is 60.9 Å². The minimum absolute atomic E-state index is 0.00704. The number of rotatable bonds is 30. The van der Waals surface area contributed by atoms with Crippen molar-refractivity contribution in [1.29, 1.82) is 0 Å². The second-order valence-corrected chi connectivity index (χ2v) is 18.9. The summed E-state index contributed by atoms with van der Waals surface area (Å²) in [7, 11) is 4.24. The lowest BCUT2D eigenvalue weighted by molar-refractivity contribution is -0.149. The molecular weight excluding hydrogens is 1010 g/mol. The first-order valence-corrected chi connectivity index (χ1v) is 25.9. The maximum atomic E-state index is 15.0. The van der Waals surface area contributed by atoms with Crippen LogP contribution in [0.4, 0.5) is 4.79 Å². The van der Waals surface area contributed by atoms with Gasteiger partial charge in [-0.1, -0.05) is 92.4 Å². The lowest BCUT2D eigenvalue weighted by atomic mass is 10.00. The van der Waals surface area contributed by atoms with Gasteiger partial charge in [0, 0.05) is 66.5 Å². The first kappa shape index (κ1) is 62.2. The highest BCUT2D eigenvalue weighted by molar-refractivity contribution is 5.97. The lowest BCUT2D eigenvalue weighted by Gasteiger charge is -2.35. The fourth-order valence-corrected chi connectivity index (χ4v) is 8.80. The van der Waals surface area contributed by atoms with E-state index in [0.29, 0.717) is 36.0 Å².